The van der Waals surface area contributed by atoms with Gasteiger partial charge in [0.2, 0.25) is 5.91 Å². The lowest BCUT2D eigenvalue weighted by atomic mass is 9.86. The number of carbonyl (C=O) groups excluding carboxylic acids is 1. The molecule has 0 spiro atoms. The molecule has 1 saturated heterocycles. The van der Waals surface area contributed by atoms with Gasteiger partial charge in [0.25, 0.3) is 0 Å². The molecule has 0 aliphatic carbocycles. The van der Waals surface area contributed by atoms with Crippen LogP contribution < -0.4 is 0 Å². The Kier molecular flexibility index (Phi) is 6.70. The molecule has 0 N–H and O–H groups in total. The first-order valence-electron chi connectivity index (χ1n) is 9.69. The molecule has 0 saturated carbocycles. The number of ether oxygens (including phenoxy) is 1. The summed E-state index contributed by atoms with van der Waals surface area (Å²) < 4.78 is 13.9. The van der Waals surface area contributed by atoms with Crippen LogP contribution in [0.1, 0.15) is 48.5 Å². The molecule has 6 heteroatoms. The molecule has 1 fully saturated rings. The van der Waals surface area contributed by atoms with E-state index in [2.05, 4.69) is 79.2 Å². The second-order valence-electron chi connectivity index (χ2n) is 10.7. The van der Waals surface area contributed by atoms with E-state index in [-0.39, 0.29) is 34.0 Å². The normalized spacial score (nSPS) is 24.0. The van der Waals surface area contributed by atoms with E-state index in [0.717, 1.165) is 0 Å². The van der Waals surface area contributed by atoms with Gasteiger partial charge in [-0.05, 0) is 36.2 Å². The Bertz CT molecular complexity index is 544. The van der Waals surface area contributed by atoms with Gasteiger partial charge in [0.1, 0.15) is 0 Å². The molecule has 1 rings (SSSR count). The molecule has 152 valence electrons. The predicted octanol–water partition coefficient (Wildman–Crippen LogP) is 5.39. The second-order valence-corrected chi connectivity index (χ2v) is 20.5. The summed E-state index contributed by atoms with van der Waals surface area (Å²) in [7, 11) is -2.22. The molecule has 1 amide bonds. The highest BCUT2D eigenvalue weighted by atomic mass is 28.4. The van der Waals surface area contributed by atoms with Crippen LogP contribution in [0.5, 0.6) is 0 Å². The van der Waals surface area contributed by atoms with Crippen molar-refractivity contribution in [2.75, 3.05) is 7.11 Å². The summed E-state index contributed by atoms with van der Waals surface area (Å²) in [5, 5.41) is 0.237. The van der Waals surface area contributed by atoms with Crippen LogP contribution in [0.25, 0.3) is 0 Å². The Morgan fingerprint density at radius 3 is 1.92 bits per heavy atom. The third-order valence-corrected chi connectivity index (χ3v) is 16.8. The largest absolute Gasteiger partial charge is 0.505 e. The molecule has 1 aliphatic rings. The molecule has 0 bridgehead atoms. The Morgan fingerprint density at radius 1 is 1.04 bits per heavy atom. The summed E-state index contributed by atoms with van der Waals surface area (Å²) in [6.07, 6.45) is 3.66. The fraction of sp³-hybridized carbons (Fsp3) is 0.850. The molecule has 0 unspecified atom stereocenters. The molecule has 0 radical (unpaired) electrons. The topological polar surface area (TPSA) is 38.8 Å². The van der Waals surface area contributed by atoms with Gasteiger partial charge in [-0.1, -0.05) is 54.6 Å². The van der Waals surface area contributed by atoms with Gasteiger partial charge >= 0.3 is 0 Å². The van der Waals surface area contributed by atoms with E-state index < -0.39 is 16.6 Å². The van der Waals surface area contributed by atoms with Crippen molar-refractivity contribution in [1.29, 1.82) is 0 Å². The molecule has 26 heavy (non-hydrogen) atoms. The van der Waals surface area contributed by atoms with Crippen molar-refractivity contribution in [2.45, 2.75) is 96.9 Å². The lowest BCUT2D eigenvalue weighted by Gasteiger charge is -2.59. The van der Waals surface area contributed by atoms with E-state index in [9.17, 15) is 4.79 Å². The fourth-order valence-electron chi connectivity index (χ4n) is 3.10. The predicted molar refractivity (Wildman–Crippen MR) is 115 cm³/mol. The molecule has 1 aliphatic heterocycles. The second kappa shape index (κ2) is 7.43. The van der Waals surface area contributed by atoms with Gasteiger partial charge in [0.05, 0.1) is 31.4 Å². The van der Waals surface area contributed by atoms with Crippen LogP contribution in [-0.2, 0) is 14.0 Å². The van der Waals surface area contributed by atoms with Crippen LogP contribution in [0.4, 0.5) is 0 Å². The zero-order valence-corrected chi connectivity index (χ0v) is 21.1. The van der Waals surface area contributed by atoms with E-state index in [1.807, 2.05) is 6.08 Å². The van der Waals surface area contributed by atoms with Crippen LogP contribution in [0, 0.1) is 5.92 Å². The molecule has 0 aromatic carbocycles. The van der Waals surface area contributed by atoms with Crippen LogP contribution in [0.2, 0.25) is 36.3 Å². The van der Waals surface area contributed by atoms with Gasteiger partial charge in [-0.2, -0.15) is 0 Å². The maximum Gasteiger partial charge on any atom is 0.223 e. The van der Waals surface area contributed by atoms with Crippen molar-refractivity contribution in [3.8, 4) is 0 Å². The highest BCUT2D eigenvalue weighted by Crippen LogP contribution is 2.47. The maximum absolute atomic E-state index is 13.2. The van der Waals surface area contributed by atoms with Crippen molar-refractivity contribution in [2.24, 2.45) is 5.92 Å². The number of amides is 1. The molecule has 4 nitrogen and oxygen atoms in total. The molecular weight excluding hydrogens is 358 g/mol. The van der Waals surface area contributed by atoms with E-state index in [1.54, 1.807) is 13.4 Å². The number of methoxy groups -OCH3 is 1. The van der Waals surface area contributed by atoms with Gasteiger partial charge in [0, 0.05) is 0 Å². The van der Waals surface area contributed by atoms with Gasteiger partial charge in [-0.15, -0.1) is 0 Å². The van der Waals surface area contributed by atoms with Crippen LogP contribution in [-0.4, -0.2) is 46.3 Å². The first-order valence-corrected chi connectivity index (χ1v) is 15.5. The SMILES string of the molecule is CO/C=C/[C@@H]1[C@@H]([C@@H](C)O[Si](C)(C)C(C)(C)C)C(=O)N1[Si](C)(C)C(C)(C)C. The lowest BCUT2D eigenvalue weighted by molar-refractivity contribution is -0.151. The van der Waals surface area contributed by atoms with Crippen LogP contribution in [0.3, 0.4) is 0 Å². The minimum Gasteiger partial charge on any atom is -0.505 e. The minimum absolute atomic E-state index is 0.0584. The van der Waals surface area contributed by atoms with Crippen molar-refractivity contribution in [3.63, 3.8) is 0 Å². The Hall–Kier alpha value is -0.596. The first-order chi connectivity index (χ1) is 11.5. The monoisotopic (exact) mass is 399 g/mol. The number of carbonyl (C=O) groups is 1. The Balaban J connectivity index is 3.13. The minimum atomic E-state index is -1.95. The number of β-lactam (4-membered cyclic amide) rings is 1. The quantitative estimate of drug-likeness (QED) is 0.341. The zero-order valence-electron chi connectivity index (χ0n) is 19.1. The van der Waals surface area contributed by atoms with E-state index in [4.69, 9.17) is 9.16 Å². The molecular formula is C20H41NO3Si2. The Morgan fingerprint density at radius 2 is 1.54 bits per heavy atom. The summed E-state index contributed by atoms with van der Waals surface area (Å²) in [6, 6.07) is 0.0584. The van der Waals surface area contributed by atoms with E-state index >= 15 is 0 Å². The lowest BCUT2D eigenvalue weighted by Crippen LogP contribution is -2.74. The highest BCUT2D eigenvalue weighted by molar-refractivity contribution is 6.80. The first kappa shape index (κ1) is 23.4. The van der Waals surface area contributed by atoms with Crippen molar-refractivity contribution in [1.82, 2.24) is 4.57 Å². The summed E-state index contributed by atoms with van der Waals surface area (Å²) in [6.45, 7) is 24.6. The third-order valence-electron chi connectivity index (χ3n) is 6.83. The van der Waals surface area contributed by atoms with Crippen molar-refractivity contribution in [3.05, 3.63) is 12.3 Å². The van der Waals surface area contributed by atoms with Crippen LogP contribution >= 0.6 is 0 Å². The molecule has 1 heterocycles. The van der Waals surface area contributed by atoms with Crippen molar-refractivity contribution < 1.29 is 14.0 Å². The van der Waals surface area contributed by atoms with E-state index in [1.165, 1.54) is 0 Å². The molecule has 0 aromatic rings. The zero-order chi connectivity index (χ0) is 20.7. The van der Waals surface area contributed by atoms with Gasteiger partial charge in [-0.25, -0.2) is 0 Å². The molecule has 3 atom stereocenters. The van der Waals surface area contributed by atoms with Crippen molar-refractivity contribution >= 4 is 22.5 Å². The number of rotatable bonds is 6. The third kappa shape index (κ3) is 4.28. The average Bonchev–Trinajstić information content (AvgIpc) is 2.39. The van der Waals surface area contributed by atoms with Gasteiger partial charge in [-0.3, -0.25) is 4.79 Å². The smallest absolute Gasteiger partial charge is 0.223 e. The standard InChI is InChI=1S/C20H41NO3Si2/c1-15(24-26(11,12)20(5,6)7)17-16(13-14-23-8)21(18(17)22)25(9,10)19(2,3)4/h13-17H,1-12H3/b14-13+/t15-,16-,17-/m1/s1. The number of nitrogens with zero attached hydrogens (tertiary/aromatic N) is 1. The number of hydrogen-bond donors (Lipinski definition) is 0. The summed E-state index contributed by atoms with van der Waals surface area (Å²) in [5.41, 5.74) is 0. The summed E-state index contributed by atoms with van der Waals surface area (Å²) in [4.78, 5) is 13.2. The summed E-state index contributed by atoms with van der Waals surface area (Å²) in [5.74, 6) is 0.123. The fourth-order valence-corrected chi connectivity index (χ4v) is 6.94. The highest BCUT2D eigenvalue weighted by Gasteiger charge is 2.58. The molecule has 0 aromatic heterocycles. The van der Waals surface area contributed by atoms with Gasteiger partial charge in [0.15, 0.2) is 16.6 Å². The Labute approximate surface area is 163 Å². The van der Waals surface area contributed by atoms with E-state index in [0.29, 0.717) is 0 Å². The van der Waals surface area contributed by atoms with Gasteiger partial charge < -0.3 is 13.7 Å². The maximum atomic E-state index is 13.2. The average molecular weight is 400 g/mol. The number of hydrogen-bond acceptors (Lipinski definition) is 3. The van der Waals surface area contributed by atoms with Crippen LogP contribution in [0.15, 0.2) is 12.3 Å². The summed E-state index contributed by atoms with van der Waals surface area (Å²) >= 11 is 0.